The Bertz CT molecular complexity index is 713. The van der Waals surface area contributed by atoms with Crippen LogP contribution in [0.4, 0.5) is 0 Å². The van der Waals surface area contributed by atoms with E-state index in [2.05, 4.69) is 68.3 Å². The molecule has 2 heterocycles. The summed E-state index contributed by atoms with van der Waals surface area (Å²) in [6.07, 6.45) is 6.58. The summed E-state index contributed by atoms with van der Waals surface area (Å²) in [7, 11) is 0. The van der Waals surface area contributed by atoms with E-state index >= 15 is 0 Å². The van der Waals surface area contributed by atoms with Gasteiger partial charge in [-0.25, -0.2) is 9.97 Å². The van der Waals surface area contributed by atoms with Crippen molar-refractivity contribution >= 4 is 0 Å². The summed E-state index contributed by atoms with van der Waals surface area (Å²) < 4.78 is 17.6. The molecule has 2 fully saturated rings. The third-order valence-electron chi connectivity index (χ3n) is 5.08. The van der Waals surface area contributed by atoms with Crippen LogP contribution in [0.5, 0.6) is 5.88 Å². The fourth-order valence-electron chi connectivity index (χ4n) is 3.34. The van der Waals surface area contributed by atoms with Gasteiger partial charge in [-0.3, -0.25) is 4.90 Å². The standard InChI is InChI=1S/C23H35N3O3/c1-22(2,3)26-15-20(16-26)27-10-8-7-9-17-13-25-21(14-24-17)28-18-11-19(12-18)29-23(4,5)6/h13-14,18-20H,8,10-12,15-16H2,1-6H3. The molecule has 0 spiro atoms. The molecule has 1 aromatic heterocycles. The maximum absolute atomic E-state index is 5.92. The lowest BCUT2D eigenvalue weighted by atomic mass is 9.91. The molecule has 3 rings (SSSR count). The largest absolute Gasteiger partial charge is 0.473 e. The second-order valence-corrected chi connectivity index (χ2v) is 9.92. The monoisotopic (exact) mass is 401 g/mol. The predicted molar refractivity (Wildman–Crippen MR) is 113 cm³/mol. The Hall–Kier alpha value is -1.68. The van der Waals surface area contributed by atoms with Gasteiger partial charge in [0.05, 0.1) is 36.8 Å². The van der Waals surface area contributed by atoms with Crippen LogP contribution in [-0.4, -0.2) is 64.0 Å². The second kappa shape index (κ2) is 8.99. The smallest absolute Gasteiger partial charge is 0.232 e. The summed E-state index contributed by atoms with van der Waals surface area (Å²) in [5, 5.41) is 0. The van der Waals surface area contributed by atoms with Crippen LogP contribution < -0.4 is 4.74 Å². The molecule has 1 aromatic rings. The van der Waals surface area contributed by atoms with Crippen molar-refractivity contribution in [2.75, 3.05) is 19.7 Å². The van der Waals surface area contributed by atoms with E-state index in [0.717, 1.165) is 25.9 Å². The van der Waals surface area contributed by atoms with Crippen LogP contribution in [0.25, 0.3) is 0 Å². The molecule has 1 saturated carbocycles. The van der Waals surface area contributed by atoms with E-state index < -0.39 is 0 Å². The van der Waals surface area contributed by atoms with Crippen molar-refractivity contribution in [1.29, 1.82) is 0 Å². The van der Waals surface area contributed by atoms with Gasteiger partial charge in [0.15, 0.2) is 0 Å². The number of nitrogens with zero attached hydrogens (tertiary/aromatic N) is 3. The normalized spacial score (nSPS) is 23.0. The summed E-state index contributed by atoms with van der Waals surface area (Å²) in [6, 6.07) is 0. The minimum Gasteiger partial charge on any atom is -0.473 e. The average Bonchev–Trinajstić information content (AvgIpc) is 2.53. The van der Waals surface area contributed by atoms with Crippen LogP contribution in [0.3, 0.4) is 0 Å². The lowest BCUT2D eigenvalue weighted by Gasteiger charge is -2.47. The number of rotatable bonds is 6. The van der Waals surface area contributed by atoms with E-state index in [9.17, 15) is 0 Å². The highest BCUT2D eigenvalue weighted by atomic mass is 16.5. The molecule has 0 aromatic carbocycles. The summed E-state index contributed by atoms with van der Waals surface area (Å²) in [6.45, 7) is 15.6. The highest BCUT2D eigenvalue weighted by molar-refractivity contribution is 5.26. The maximum Gasteiger partial charge on any atom is 0.232 e. The van der Waals surface area contributed by atoms with Gasteiger partial charge in [-0.05, 0) is 47.5 Å². The first-order chi connectivity index (χ1) is 13.6. The quantitative estimate of drug-likeness (QED) is 0.538. The maximum atomic E-state index is 5.92. The van der Waals surface area contributed by atoms with Gasteiger partial charge in [0, 0.05) is 37.9 Å². The molecule has 160 valence electrons. The average molecular weight is 402 g/mol. The topological polar surface area (TPSA) is 56.7 Å². The molecule has 0 radical (unpaired) electrons. The van der Waals surface area contributed by atoms with Crippen molar-refractivity contribution in [1.82, 2.24) is 14.9 Å². The Balaban J connectivity index is 1.31. The third kappa shape index (κ3) is 6.95. The zero-order valence-electron chi connectivity index (χ0n) is 18.7. The molecule has 0 bridgehead atoms. The molecule has 6 nitrogen and oxygen atoms in total. The molecule has 29 heavy (non-hydrogen) atoms. The first kappa shape index (κ1) is 22.0. The van der Waals surface area contributed by atoms with Crippen LogP contribution in [0, 0.1) is 11.8 Å². The number of hydrogen-bond donors (Lipinski definition) is 0. The number of ether oxygens (including phenoxy) is 3. The fraction of sp³-hybridized carbons (Fsp3) is 0.739. The molecule has 1 aliphatic heterocycles. The van der Waals surface area contributed by atoms with Gasteiger partial charge < -0.3 is 14.2 Å². The van der Waals surface area contributed by atoms with E-state index in [1.54, 1.807) is 12.4 Å². The van der Waals surface area contributed by atoms with Gasteiger partial charge in [0.2, 0.25) is 5.88 Å². The van der Waals surface area contributed by atoms with Gasteiger partial charge in [-0.15, -0.1) is 0 Å². The highest BCUT2D eigenvalue weighted by Crippen LogP contribution is 2.30. The van der Waals surface area contributed by atoms with Crippen molar-refractivity contribution in [2.45, 2.75) is 90.3 Å². The van der Waals surface area contributed by atoms with Gasteiger partial charge >= 0.3 is 0 Å². The molecule has 0 amide bonds. The lowest BCUT2D eigenvalue weighted by molar-refractivity contribution is -0.127. The van der Waals surface area contributed by atoms with Crippen LogP contribution >= 0.6 is 0 Å². The highest BCUT2D eigenvalue weighted by Gasteiger charge is 2.35. The van der Waals surface area contributed by atoms with Crippen molar-refractivity contribution in [3.8, 4) is 17.7 Å². The van der Waals surface area contributed by atoms with E-state index in [4.69, 9.17) is 14.2 Å². The molecule has 2 aliphatic rings. The van der Waals surface area contributed by atoms with Crippen LogP contribution in [0.2, 0.25) is 0 Å². The van der Waals surface area contributed by atoms with E-state index in [-0.39, 0.29) is 23.3 Å². The molecule has 1 aliphatic carbocycles. The van der Waals surface area contributed by atoms with E-state index in [1.165, 1.54) is 0 Å². The molecular formula is C23H35N3O3. The van der Waals surface area contributed by atoms with Crippen LogP contribution in [-0.2, 0) is 9.47 Å². The first-order valence-electron chi connectivity index (χ1n) is 10.6. The summed E-state index contributed by atoms with van der Waals surface area (Å²) >= 11 is 0. The second-order valence-electron chi connectivity index (χ2n) is 9.92. The Morgan fingerprint density at radius 2 is 1.72 bits per heavy atom. The number of likely N-dealkylation sites (tertiary alicyclic amines) is 1. The molecule has 0 atom stereocenters. The molecular weight excluding hydrogens is 366 g/mol. The number of aromatic nitrogens is 2. The minimum atomic E-state index is -0.106. The number of hydrogen-bond acceptors (Lipinski definition) is 6. The third-order valence-corrected chi connectivity index (χ3v) is 5.08. The van der Waals surface area contributed by atoms with Gasteiger partial charge in [0.1, 0.15) is 11.8 Å². The van der Waals surface area contributed by atoms with Crippen LogP contribution in [0.1, 0.15) is 66.5 Å². The van der Waals surface area contributed by atoms with Crippen molar-refractivity contribution in [3.63, 3.8) is 0 Å². The molecule has 0 unspecified atom stereocenters. The van der Waals surface area contributed by atoms with Gasteiger partial charge in [0.25, 0.3) is 0 Å². The van der Waals surface area contributed by atoms with Crippen molar-refractivity contribution in [3.05, 3.63) is 18.1 Å². The zero-order valence-corrected chi connectivity index (χ0v) is 18.7. The Morgan fingerprint density at radius 1 is 1.00 bits per heavy atom. The van der Waals surface area contributed by atoms with Crippen molar-refractivity contribution < 1.29 is 14.2 Å². The zero-order chi connectivity index (χ0) is 21.1. The summed E-state index contributed by atoms with van der Waals surface area (Å²) in [5.74, 6) is 6.70. The summed E-state index contributed by atoms with van der Waals surface area (Å²) in [5.41, 5.74) is 0.780. The Labute approximate surface area is 175 Å². The van der Waals surface area contributed by atoms with Crippen molar-refractivity contribution in [2.24, 2.45) is 0 Å². The minimum absolute atomic E-state index is 0.106. The lowest BCUT2D eigenvalue weighted by Crippen LogP contribution is -2.59. The summed E-state index contributed by atoms with van der Waals surface area (Å²) in [4.78, 5) is 11.1. The van der Waals surface area contributed by atoms with Gasteiger partial charge in [-0.1, -0.05) is 5.92 Å². The Morgan fingerprint density at radius 3 is 2.31 bits per heavy atom. The van der Waals surface area contributed by atoms with E-state index in [1.807, 2.05) is 0 Å². The fourth-order valence-corrected chi connectivity index (χ4v) is 3.34. The predicted octanol–water partition coefficient (Wildman–Crippen LogP) is 3.44. The SMILES string of the molecule is CC(C)(C)OC1CC(Oc2cnc(C#CCCOC3CN(C(C)(C)C)C3)cn2)C1. The van der Waals surface area contributed by atoms with Gasteiger partial charge in [-0.2, -0.15) is 0 Å². The van der Waals surface area contributed by atoms with E-state index in [0.29, 0.717) is 30.7 Å². The molecule has 6 heteroatoms. The van der Waals surface area contributed by atoms with Crippen LogP contribution in [0.15, 0.2) is 12.4 Å². The first-order valence-corrected chi connectivity index (χ1v) is 10.6. The molecule has 1 saturated heterocycles. The Kier molecular flexibility index (Phi) is 6.83. The molecule has 0 N–H and O–H groups in total.